The molecular weight excluding hydrogens is 349 g/mol. The summed E-state index contributed by atoms with van der Waals surface area (Å²) in [6.07, 6.45) is 0. The molecule has 21 heavy (non-hydrogen) atoms. The van der Waals surface area contributed by atoms with Crippen molar-refractivity contribution in [3.63, 3.8) is 0 Å². The Balaban J connectivity index is 2.13. The minimum Gasteiger partial charge on any atom is -0.306 e. The summed E-state index contributed by atoms with van der Waals surface area (Å²) < 4.78 is 15.7. The number of halogens is 2. The molecule has 0 saturated carbocycles. The zero-order chi connectivity index (χ0) is 14.8. The van der Waals surface area contributed by atoms with Crippen LogP contribution in [0.15, 0.2) is 52.3 Å². The summed E-state index contributed by atoms with van der Waals surface area (Å²) in [5.41, 5.74) is 2.14. The minimum absolute atomic E-state index is 0.00171. The molecule has 3 aromatic rings. The van der Waals surface area contributed by atoms with Crippen LogP contribution in [0.3, 0.4) is 0 Å². The Morgan fingerprint density at radius 2 is 2.05 bits per heavy atom. The lowest BCUT2D eigenvalue weighted by molar-refractivity contribution is 0.604. The maximum atomic E-state index is 13.7. The van der Waals surface area contributed by atoms with Gasteiger partial charge in [-0.3, -0.25) is 0 Å². The normalized spacial score (nSPS) is 12.7. The van der Waals surface area contributed by atoms with Gasteiger partial charge in [-0.1, -0.05) is 41.1 Å². The van der Waals surface area contributed by atoms with E-state index in [1.54, 1.807) is 17.4 Å². The van der Waals surface area contributed by atoms with Crippen LogP contribution in [-0.4, -0.2) is 6.54 Å². The largest absolute Gasteiger partial charge is 0.306 e. The zero-order valence-corrected chi connectivity index (χ0v) is 14.0. The molecule has 0 saturated heterocycles. The molecule has 0 aliphatic carbocycles. The second kappa shape index (κ2) is 6.26. The fourth-order valence-corrected chi connectivity index (χ4v) is 4.05. The summed E-state index contributed by atoms with van der Waals surface area (Å²) in [6, 6.07) is 13.4. The van der Waals surface area contributed by atoms with Gasteiger partial charge in [-0.05, 0) is 52.7 Å². The fraction of sp³-hybridized carbons (Fsp3) is 0.176. The Labute approximate surface area is 135 Å². The van der Waals surface area contributed by atoms with E-state index >= 15 is 0 Å². The number of fused-ring (bicyclic) bond motifs is 1. The predicted molar refractivity (Wildman–Crippen MR) is 91.4 cm³/mol. The zero-order valence-electron chi connectivity index (χ0n) is 11.6. The van der Waals surface area contributed by atoms with Crippen molar-refractivity contribution in [2.24, 2.45) is 0 Å². The molecule has 1 atom stereocenters. The van der Waals surface area contributed by atoms with Crippen molar-refractivity contribution in [2.45, 2.75) is 13.0 Å². The first-order chi connectivity index (χ1) is 10.2. The molecule has 0 aliphatic rings. The molecular formula is C17H15BrFNS. The third-order valence-corrected chi connectivity index (χ3v) is 4.89. The van der Waals surface area contributed by atoms with Crippen LogP contribution in [0, 0.1) is 5.82 Å². The van der Waals surface area contributed by atoms with E-state index in [2.05, 4.69) is 45.7 Å². The van der Waals surface area contributed by atoms with Gasteiger partial charge in [0.05, 0.1) is 6.04 Å². The highest BCUT2D eigenvalue weighted by Gasteiger charge is 2.18. The molecule has 2 aromatic carbocycles. The standard InChI is InChI=1S/C17H15BrFNS/c1-2-20-17(11-7-12(18)9-13(19)8-11)15-10-21-16-6-4-3-5-14(15)16/h3-10,17,20H,2H2,1H3. The van der Waals surface area contributed by atoms with Crippen molar-refractivity contribution in [1.82, 2.24) is 5.32 Å². The van der Waals surface area contributed by atoms with Crippen LogP contribution in [0.1, 0.15) is 24.1 Å². The van der Waals surface area contributed by atoms with Gasteiger partial charge < -0.3 is 5.32 Å². The van der Waals surface area contributed by atoms with Gasteiger partial charge in [-0.15, -0.1) is 11.3 Å². The summed E-state index contributed by atoms with van der Waals surface area (Å²) in [5, 5.41) is 6.86. The van der Waals surface area contributed by atoms with Gasteiger partial charge in [0, 0.05) is 9.17 Å². The lowest BCUT2D eigenvalue weighted by Gasteiger charge is -2.19. The van der Waals surface area contributed by atoms with Crippen LogP contribution in [-0.2, 0) is 0 Å². The number of thiophene rings is 1. The van der Waals surface area contributed by atoms with E-state index in [0.717, 1.165) is 16.6 Å². The van der Waals surface area contributed by atoms with Crippen molar-refractivity contribution >= 4 is 37.4 Å². The van der Waals surface area contributed by atoms with Gasteiger partial charge in [0.2, 0.25) is 0 Å². The van der Waals surface area contributed by atoms with Crippen molar-refractivity contribution < 1.29 is 4.39 Å². The van der Waals surface area contributed by atoms with Crippen LogP contribution in [0.4, 0.5) is 4.39 Å². The average Bonchev–Trinajstić information content (AvgIpc) is 2.87. The Kier molecular flexibility index (Phi) is 4.38. The van der Waals surface area contributed by atoms with Crippen LogP contribution in [0.25, 0.3) is 10.1 Å². The molecule has 0 bridgehead atoms. The highest BCUT2D eigenvalue weighted by molar-refractivity contribution is 9.10. The first-order valence-electron chi connectivity index (χ1n) is 6.84. The molecule has 1 nitrogen and oxygen atoms in total. The molecule has 1 N–H and O–H groups in total. The SMILES string of the molecule is CCNC(c1cc(F)cc(Br)c1)c1csc2ccccc12. The lowest BCUT2D eigenvalue weighted by Crippen LogP contribution is -2.21. The monoisotopic (exact) mass is 363 g/mol. The Bertz CT molecular complexity index is 748. The first-order valence-corrected chi connectivity index (χ1v) is 8.52. The van der Waals surface area contributed by atoms with Crippen molar-refractivity contribution in [3.8, 4) is 0 Å². The van der Waals surface area contributed by atoms with Crippen molar-refractivity contribution in [2.75, 3.05) is 6.54 Å². The molecule has 3 rings (SSSR count). The average molecular weight is 364 g/mol. The van der Waals surface area contributed by atoms with Crippen molar-refractivity contribution in [1.29, 1.82) is 0 Å². The van der Waals surface area contributed by atoms with E-state index in [1.165, 1.54) is 21.7 Å². The summed E-state index contributed by atoms with van der Waals surface area (Å²) in [7, 11) is 0. The van der Waals surface area contributed by atoms with E-state index in [-0.39, 0.29) is 11.9 Å². The highest BCUT2D eigenvalue weighted by atomic mass is 79.9. The molecule has 1 aromatic heterocycles. The Hall–Kier alpha value is -1.23. The molecule has 0 amide bonds. The van der Waals surface area contributed by atoms with Crippen LogP contribution in [0.5, 0.6) is 0 Å². The second-order valence-electron chi connectivity index (χ2n) is 4.88. The van der Waals surface area contributed by atoms with Gasteiger partial charge in [0.15, 0.2) is 0 Å². The second-order valence-corrected chi connectivity index (χ2v) is 6.71. The number of rotatable bonds is 4. The van der Waals surface area contributed by atoms with Gasteiger partial charge in [0.25, 0.3) is 0 Å². The molecule has 0 radical (unpaired) electrons. The fourth-order valence-electron chi connectivity index (χ4n) is 2.58. The van der Waals surface area contributed by atoms with Gasteiger partial charge in [-0.25, -0.2) is 4.39 Å². The van der Waals surface area contributed by atoms with Crippen LogP contribution < -0.4 is 5.32 Å². The maximum Gasteiger partial charge on any atom is 0.124 e. The number of hydrogen-bond donors (Lipinski definition) is 1. The summed E-state index contributed by atoms with van der Waals surface area (Å²) >= 11 is 5.11. The third-order valence-electron chi connectivity index (χ3n) is 3.45. The first kappa shape index (κ1) is 14.7. The smallest absolute Gasteiger partial charge is 0.124 e. The summed E-state index contributed by atoms with van der Waals surface area (Å²) in [5.74, 6) is -0.221. The topological polar surface area (TPSA) is 12.0 Å². The predicted octanol–water partition coefficient (Wildman–Crippen LogP) is 5.50. The van der Waals surface area contributed by atoms with E-state index in [0.29, 0.717) is 0 Å². The molecule has 0 aliphatic heterocycles. The van der Waals surface area contributed by atoms with Crippen LogP contribution >= 0.6 is 27.3 Å². The Morgan fingerprint density at radius 3 is 2.81 bits per heavy atom. The highest BCUT2D eigenvalue weighted by Crippen LogP contribution is 2.34. The third kappa shape index (κ3) is 3.03. The quantitative estimate of drug-likeness (QED) is 0.644. The molecule has 0 fully saturated rings. The van der Waals surface area contributed by atoms with Gasteiger partial charge >= 0.3 is 0 Å². The maximum absolute atomic E-state index is 13.7. The van der Waals surface area contributed by atoms with Gasteiger partial charge in [-0.2, -0.15) is 0 Å². The lowest BCUT2D eigenvalue weighted by atomic mass is 9.98. The number of nitrogens with one attached hydrogen (secondary N) is 1. The molecule has 1 unspecified atom stereocenters. The number of benzene rings is 2. The van der Waals surface area contributed by atoms with Crippen molar-refractivity contribution in [3.05, 3.63) is 69.3 Å². The minimum atomic E-state index is -0.221. The Morgan fingerprint density at radius 1 is 1.24 bits per heavy atom. The van der Waals surface area contributed by atoms with E-state index in [4.69, 9.17) is 0 Å². The van der Waals surface area contributed by atoms with Crippen LogP contribution in [0.2, 0.25) is 0 Å². The molecule has 0 spiro atoms. The molecule has 4 heteroatoms. The molecule has 1 heterocycles. The summed E-state index contributed by atoms with van der Waals surface area (Å²) in [4.78, 5) is 0. The summed E-state index contributed by atoms with van der Waals surface area (Å²) in [6.45, 7) is 2.89. The number of hydrogen-bond acceptors (Lipinski definition) is 2. The van der Waals surface area contributed by atoms with E-state index < -0.39 is 0 Å². The van der Waals surface area contributed by atoms with E-state index in [1.807, 2.05) is 18.2 Å². The van der Waals surface area contributed by atoms with E-state index in [9.17, 15) is 4.39 Å². The van der Waals surface area contributed by atoms with Gasteiger partial charge in [0.1, 0.15) is 5.82 Å². The molecule has 108 valence electrons.